The first-order valence-electron chi connectivity index (χ1n) is 3.19. The van der Waals surface area contributed by atoms with E-state index in [9.17, 15) is 0 Å². The molecule has 0 unspecified atom stereocenters. The average Bonchev–Trinajstić information content (AvgIpc) is 1.97. The Hall–Kier alpha value is -0.890. The predicted octanol–water partition coefficient (Wildman–Crippen LogP) is 1.45. The second-order valence-corrected chi connectivity index (χ2v) is 1.66. The Morgan fingerprint density at radius 3 is 2.60 bits per heavy atom. The van der Waals surface area contributed by atoms with Crippen LogP contribution in [-0.4, -0.2) is 26.0 Å². The number of aliphatic imine (C=N–C) groups is 1. The number of hydrogen-bond acceptors (Lipinski definition) is 2. The van der Waals surface area contributed by atoms with Gasteiger partial charge in [-0.2, -0.15) is 0 Å². The summed E-state index contributed by atoms with van der Waals surface area (Å²) < 4.78 is 5.03. The quantitative estimate of drug-likeness (QED) is 0.310. The minimum Gasteiger partial charge on any atom is -0.372 e. The first-order valence-corrected chi connectivity index (χ1v) is 3.19. The normalized spacial score (nSPS) is 10.0. The third-order valence-electron chi connectivity index (χ3n) is 0.792. The lowest BCUT2D eigenvalue weighted by Gasteiger charge is -1.91. The van der Waals surface area contributed by atoms with Gasteiger partial charge in [0.05, 0.1) is 19.8 Å². The van der Waals surface area contributed by atoms with Gasteiger partial charge in [0, 0.05) is 6.21 Å². The highest BCUT2D eigenvalue weighted by molar-refractivity contribution is 5.58. The highest BCUT2D eigenvalue weighted by Crippen LogP contribution is 1.73. The molecule has 0 rings (SSSR count). The molecule has 0 N–H and O–H groups in total. The van der Waals surface area contributed by atoms with Crippen molar-refractivity contribution in [3.63, 3.8) is 0 Å². The van der Waals surface area contributed by atoms with E-state index in [1.807, 2.05) is 0 Å². The van der Waals surface area contributed by atoms with E-state index in [1.165, 1.54) is 0 Å². The van der Waals surface area contributed by atoms with E-state index in [2.05, 4.69) is 18.2 Å². The molecule has 0 aliphatic carbocycles. The molecule has 56 valence electrons. The standard InChI is InChI=1S/C8H13NO/c1-3-5-9-6-8-10-7-4-2/h3-4,6H,1-2,5,7-8H2. The van der Waals surface area contributed by atoms with E-state index in [0.29, 0.717) is 19.8 Å². The fourth-order valence-electron chi connectivity index (χ4n) is 0.406. The van der Waals surface area contributed by atoms with E-state index in [-0.39, 0.29) is 0 Å². The van der Waals surface area contributed by atoms with Crippen LogP contribution in [0.4, 0.5) is 0 Å². The van der Waals surface area contributed by atoms with Crippen LogP contribution in [0, 0.1) is 0 Å². The Labute approximate surface area is 61.9 Å². The summed E-state index contributed by atoms with van der Waals surface area (Å²) in [4.78, 5) is 3.96. The second kappa shape index (κ2) is 8.11. The fraction of sp³-hybridized carbons (Fsp3) is 0.375. The molecule has 0 fully saturated rings. The van der Waals surface area contributed by atoms with Crippen LogP contribution in [0.1, 0.15) is 0 Å². The van der Waals surface area contributed by atoms with Crippen LogP contribution in [0.25, 0.3) is 0 Å². The van der Waals surface area contributed by atoms with E-state index in [4.69, 9.17) is 4.74 Å². The molecule has 0 bridgehead atoms. The van der Waals surface area contributed by atoms with Crippen LogP contribution in [-0.2, 0) is 4.74 Å². The van der Waals surface area contributed by atoms with Crippen LogP contribution in [0.3, 0.4) is 0 Å². The largest absolute Gasteiger partial charge is 0.372 e. The van der Waals surface area contributed by atoms with Gasteiger partial charge in [-0.15, -0.1) is 13.2 Å². The minimum atomic E-state index is 0.555. The van der Waals surface area contributed by atoms with Gasteiger partial charge in [-0.1, -0.05) is 12.2 Å². The number of nitrogens with zero attached hydrogens (tertiary/aromatic N) is 1. The lowest BCUT2D eigenvalue weighted by molar-refractivity contribution is 0.207. The molecule has 0 aliphatic heterocycles. The molecule has 0 atom stereocenters. The van der Waals surface area contributed by atoms with Crippen molar-refractivity contribution in [2.75, 3.05) is 19.8 Å². The zero-order valence-corrected chi connectivity index (χ0v) is 6.12. The smallest absolute Gasteiger partial charge is 0.0818 e. The van der Waals surface area contributed by atoms with Crippen molar-refractivity contribution >= 4 is 6.21 Å². The van der Waals surface area contributed by atoms with E-state index >= 15 is 0 Å². The zero-order valence-electron chi connectivity index (χ0n) is 6.12. The van der Waals surface area contributed by atoms with Gasteiger partial charge in [0.1, 0.15) is 0 Å². The van der Waals surface area contributed by atoms with Gasteiger partial charge in [-0.25, -0.2) is 0 Å². The molecule has 0 radical (unpaired) electrons. The van der Waals surface area contributed by atoms with Gasteiger partial charge in [0.25, 0.3) is 0 Å². The summed E-state index contributed by atoms with van der Waals surface area (Å²) in [5, 5.41) is 0. The monoisotopic (exact) mass is 139 g/mol. The summed E-state index contributed by atoms with van der Waals surface area (Å²) in [6.45, 7) is 8.84. The van der Waals surface area contributed by atoms with Gasteiger partial charge in [0.15, 0.2) is 0 Å². The molecule has 10 heavy (non-hydrogen) atoms. The van der Waals surface area contributed by atoms with Gasteiger partial charge >= 0.3 is 0 Å². The van der Waals surface area contributed by atoms with E-state index in [1.54, 1.807) is 18.4 Å². The van der Waals surface area contributed by atoms with Gasteiger partial charge in [-0.3, -0.25) is 4.99 Å². The molecular weight excluding hydrogens is 126 g/mol. The lowest BCUT2D eigenvalue weighted by Crippen LogP contribution is -1.94. The Kier molecular flexibility index (Phi) is 7.39. The Morgan fingerprint density at radius 1 is 1.20 bits per heavy atom. The van der Waals surface area contributed by atoms with Gasteiger partial charge in [-0.05, 0) is 0 Å². The Morgan fingerprint density at radius 2 is 2.00 bits per heavy atom. The van der Waals surface area contributed by atoms with Crippen LogP contribution in [0.15, 0.2) is 30.3 Å². The van der Waals surface area contributed by atoms with Gasteiger partial charge in [0.2, 0.25) is 0 Å². The molecule has 0 aliphatic rings. The molecule has 0 amide bonds. The van der Waals surface area contributed by atoms with Crippen LogP contribution in [0.5, 0.6) is 0 Å². The first kappa shape index (κ1) is 9.11. The number of rotatable bonds is 6. The van der Waals surface area contributed by atoms with Crippen molar-refractivity contribution in [2.45, 2.75) is 0 Å². The van der Waals surface area contributed by atoms with Crippen LogP contribution < -0.4 is 0 Å². The topological polar surface area (TPSA) is 21.6 Å². The van der Waals surface area contributed by atoms with Crippen molar-refractivity contribution in [3.05, 3.63) is 25.3 Å². The summed E-state index contributed by atoms with van der Waals surface area (Å²) in [7, 11) is 0. The van der Waals surface area contributed by atoms with Crippen LogP contribution >= 0.6 is 0 Å². The maximum Gasteiger partial charge on any atom is 0.0818 e. The Bertz CT molecular complexity index is 118. The van der Waals surface area contributed by atoms with Gasteiger partial charge < -0.3 is 4.74 Å². The lowest BCUT2D eigenvalue weighted by atomic mass is 10.6. The highest BCUT2D eigenvalue weighted by Gasteiger charge is 1.75. The fourth-order valence-corrected chi connectivity index (χ4v) is 0.406. The van der Waals surface area contributed by atoms with Crippen molar-refractivity contribution in [1.29, 1.82) is 0 Å². The van der Waals surface area contributed by atoms with E-state index < -0.39 is 0 Å². The number of ether oxygens (including phenoxy) is 1. The third kappa shape index (κ3) is 7.11. The maximum absolute atomic E-state index is 5.03. The summed E-state index contributed by atoms with van der Waals surface area (Å²) in [5.74, 6) is 0. The predicted molar refractivity (Wildman–Crippen MR) is 44.6 cm³/mol. The molecule has 0 aromatic carbocycles. The average molecular weight is 139 g/mol. The molecule has 0 aromatic rings. The third-order valence-corrected chi connectivity index (χ3v) is 0.792. The van der Waals surface area contributed by atoms with Crippen molar-refractivity contribution < 1.29 is 4.74 Å². The highest BCUT2D eigenvalue weighted by atomic mass is 16.5. The minimum absolute atomic E-state index is 0.555. The van der Waals surface area contributed by atoms with Crippen molar-refractivity contribution in [1.82, 2.24) is 0 Å². The zero-order chi connectivity index (χ0) is 7.66. The molecule has 2 nitrogen and oxygen atoms in total. The Balaban J connectivity index is 3.01. The first-order chi connectivity index (χ1) is 4.91. The van der Waals surface area contributed by atoms with Crippen molar-refractivity contribution in [3.8, 4) is 0 Å². The summed E-state index contributed by atoms with van der Waals surface area (Å²) >= 11 is 0. The molecule has 0 heterocycles. The summed E-state index contributed by atoms with van der Waals surface area (Å²) in [6.07, 6.45) is 5.18. The molecule has 0 spiro atoms. The molecular formula is C8H13NO. The molecule has 2 heteroatoms. The van der Waals surface area contributed by atoms with Crippen molar-refractivity contribution in [2.24, 2.45) is 4.99 Å². The summed E-state index contributed by atoms with van der Waals surface area (Å²) in [6, 6.07) is 0. The maximum atomic E-state index is 5.03. The molecule has 0 saturated carbocycles. The SMILES string of the molecule is C=CCN=CCOCC=C. The second-order valence-electron chi connectivity index (χ2n) is 1.66. The molecule has 0 saturated heterocycles. The van der Waals surface area contributed by atoms with E-state index in [0.717, 1.165) is 0 Å². The van der Waals surface area contributed by atoms with Crippen LogP contribution in [0.2, 0.25) is 0 Å². The number of hydrogen-bond donors (Lipinski definition) is 0. The molecule has 0 aromatic heterocycles. The summed E-state index contributed by atoms with van der Waals surface area (Å²) in [5.41, 5.74) is 0.